The average molecular weight is 601 g/mol. The van der Waals surface area contributed by atoms with Crippen LogP contribution in [0.2, 0.25) is 0 Å². The summed E-state index contributed by atoms with van der Waals surface area (Å²) in [5.74, 6) is 1.98. The highest BCUT2D eigenvalue weighted by Crippen LogP contribution is 2.34. The maximum absolute atomic E-state index is 12.0. The third-order valence-electron chi connectivity index (χ3n) is 4.16. The fraction of sp³-hybridized carbons (Fsp3) is 0.700. The Bertz CT molecular complexity index is 777. The van der Waals surface area contributed by atoms with Gasteiger partial charge in [-0.15, -0.1) is 11.8 Å². The third kappa shape index (κ3) is 13.8. The number of thioether (sulfide) groups is 3. The van der Waals surface area contributed by atoms with Crippen molar-refractivity contribution in [3.8, 4) is 6.07 Å². The van der Waals surface area contributed by atoms with Crippen LogP contribution >= 0.6 is 81.3 Å². The first-order valence-electron chi connectivity index (χ1n) is 10.5. The van der Waals surface area contributed by atoms with E-state index in [4.69, 9.17) is 33.9 Å². The standard InChI is InChI=1S/C20H28N2O5S7/c1-3-30-19(29)34-20(2,14-21)7-6-17(25)27-10-13-33-32-12-9-26-16(24)5-4-15(23)22-8-11-31-18(22)28/h3-13H2,1-2H3. The third-order valence-corrected chi connectivity index (χ3v) is 10.6. The summed E-state index contributed by atoms with van der Waals surface area (Å²) >= 11 is 14.7. The Balaban J connectivity index is 2.03. The van der Waals surface area contributed by atoms with Crippen LogP contribution < -0.4 is 0 Å². The van der Waals surface area contributed by atoms with Gasteiger partial charge in [0.05, 0.1) is 12.5 Å². The first kappa shape index (κ1) is 31.9. The van der Waals surface area contributed by atoms with Crippen LogP contribution in [0, 0.1) is 11.3 Å². The summed E-state index contributed by atoms with van der Waals surface area (Å²) in [5.41, 5.74) is 0. The molecule has 0 radical (unpaired) electrons. The van der Waals surface area contributed by atoms with Crippen molar-refractivity contribution in [2.45, 2.75) is 44.3 Å². The van der Waals surface area contributed by atoms with Gasteiger partial charge in [0.2, 0.25) is 5.91 Å². The summed E-state index contributed by atoms with van der Waals surface area (Å²) in [6.45, 7) is 4.91. The van der Waals surface area contributed by atoms with Gasteiger partial charge in [-0.1, -0.05) is 76.5 Å². The maximum Gasteiger partial charge on any atom is 0.306 e. The van der Waals surface area contributed by atoms with Crippen LogP contribution in [0.15, 0.2) is 0 Å². The summed E-state index contributed by atoms with van der Waals surface area (Å²) in [6, 6.07) is 2.24. The van der Waals surface area contributed by atoms with Gasteiger partial charge in [-0.05, 0) is 19.1 Å². The highest BCUT2D eigenvalue weighted by atomic mass is 33.1. The Kier molecular flexibility index (Phi) is 17.0. The highest BCUT2D eigenvalue weighted by molar-refractivity contribution is 8.76. The molecule has 190 valence electrons. The predicted octanol–water partition coefficient (Wildman–Crippen LogP) is 4.93. The number of carbonyl (C=O) groups is 3. The summed E-state index contributed by atoms with van der Waals surface area (Å²) in [6.07, 6.45) is 0.682. The van der Waals surface area contributed by atoms with Gasteiger partial charge in [-0.25, -0.2) is 0 Å². The van der Waals surface area contributed by atoms with Gasteiger partial charge in [-0.2, -0.15) is 5.26 Å². The molecule has 34 heavy (non-hydrogen) atoms. The molecular formula is C20H28N2O5S7. The van der Waals surface area contributed by atoms with Gasteiger partial charge in [0, 0.05) is 36.6 Å². The molecule has 1 aliphatic heterocycles. The average Bonchev–Trinajstić information content (AvgIpc) is 3.23. The van der Waals surface area contributed by atoms with E-state index in [9.17, 15) is 19.6 Å². The molecule has 1 amide bonds. The largest absolute Gasteiger partial charge is 0.465 e. The summed E-state index contributed by atoms with van der Waals surface area (Å²) in [5, 5.41) is 9.42. The van der Waals surface area contributed by atoms with Gasteiger partial charge < -0.3 is 9.47 Å². The zero-order valence-corrected chi connectivity index (χ0v) is 24.8. The zero-order valence-electron chi connectivity index (χ0n) is 19.1. The van der Waals surface area contributed by atoms with Gasteiger partial charge in [-0.3, -0.25) is 19.3 Å². The Morgan fingerprint density at radius 3 is 2.29 bits per heavy atom. The van der Waals surface area contributed by atoms with Gasteiger partial charge in [0.15, 0.2) is 0 Å². The minimum Gasteiger partial charge on any atom is -0.465 e. The molecule has 0 saturated carbocycles. The van der Waals surface area contributed by atoms with Crippen molar-refractivity contribution in [1.29, 1.82) is 5.26 Å². The van der Waals surface area contributed by atoms with E-state index in [0.29, 0.717) is 32.3 Å². The van der Waals surface area contributed by atoms with Gasteiger partial charge in [0.25, 0.3) is 0 Å². The van der Waals surface area contributed by atoms with E-state index >= 15 is 0 Å². The quantitative estimate of drug-likeness (QED) is 0.110. The second-order valence-corrected chi connectivity index (χ2v) is 15.3. The van der Waals surface area contributed by atoms with E-state index in [0.717, 1.165) is 11.5 Å². The first-order chi connectivity index (χ1) is 16.2. The Labute approximate surface area is 232 Å². The van der Waals surface area contributed by atoms with E-state index in [1.54, 1.807) is 6.92 Å². The molecule has 0 aliphatic carbocycles. The van der Waals surface area contributed by atoms with Crippen LogP contribution in [0.5, 0.6) is 0 Å². The van der Waals surface area contributed by atoms with Crippen molar-refractivity contribution in [1.82, 2.24) is 4.90 Å². The van der Waals surface area contributed by atoms with Crippen LogP contribution in [0.4, 0.5) is 0 Å². The van der Waals surface area contributed by atoms with Crippen molar-refractivity contribution in [3.05, 3.63) is 0 Å². The second-order valence-electron chi connectivity index (χ2n) is 6.87. The number of ether oxygens (including phenoxy) is 2. The van der Waals surface area contributed by atoms with Crippen LogP contribution in [0.1, 0.15) is 39.5 Å². The maximum atomic E-state index is 12.0. The molecule has 1 atom stereocenters. The zero-order chi connectivity index (χ0) is 25.4. The SMILES string of the molecule is CCSC(=S)SC(C)(C#N)CCC(=O)OCCSSCCOC(=O)CCC(=O)N1CCSC1=S. The van der Waals surface area contributed by atoms with E-state index < -0.39 is 10.7 Å². The number of rotatable bonds is 15. The van der Waals surface area contributed by atoms with E-state index in [1.807, 2.05) is 6.92 Å². The number of carbonyl (C=O) groups excluding carboxylic acids is 3. The molecule has 0 aromatic heterocycles. The Morgan fingerprint density at radius 1 is 1.15 bits per heavy atom. The number of esters is 2. The van der Waals surface area contributed by atoms with Crippen molar-refractivity contribution < 1.29 is 23.9 Å². The molecule has 1 rings (SSSR count). The lowest BCUT2D eigenvalue weighted by atomic mass is 10.1. The van der Waals surface area contributed by atoms with Gasteiger partial charge >= 0.3 is 11.9 Å². The van der Waals surface area contributed by atoms with E-state index in [1.165, 1.54) is 61.8 Å². The fourth-order valence-electron chi connectivity index (χ4n) is 2.41. The number of nitrogens with zero attached hydrogens (tertiary/aromatic N) is 2. The lowest BCUT2D eigenvalue weighted by Crippen LogP contribution is -2.31. The highest BCUT2D eigenvalue weighted by Gasteiger charge is 2.28. The van der Waals surface area contributed by atoms with E-state index in [2.05, 4.69) is 6.07 Å². The predicted molar refractivity (Wildman–Crippen MR) is 154 cm³/mol. The van der Waals surface area contributed by atoms with E-state index in [-0.39, 0.29) is 44.4 Å². The van der Waals surface area contributed by atoms with Crippen LogP contribution in [0.3, 0.4) is 0 Å². The second kappa shape index (κ2) is 18.1. The smallest absolute Gasteiger partial charge is 0.306 e. The molecule has 1 fully saturated rings. The molecular weight excluding hydrogens is 573 g/mol. The first-order valence-corrected chi connectivity index (χ1v) is 16.6. The minimum atomic E-state index is -0.742. The van der Waals surface area contributed by atoms with Crippen LogP contribution in [-0.2, 0) is 23.9 Å². The number of hydrogen-bond acceptors (Lipinski definition) is 13. The Morgan fingerprint density at radius 2 is 1.76 bits per heavy atom. The summed E-state index contributed by atoms with van der Waals surface area (Å²) < 4.78 is 10.9. The number of nitriles is 1. The Hall–Kier alpha value is -0.170. The van der Waals surface area contributed by atoms with Gasteiger partial charge in [0.1, 0.15) is 25.8 Å². The molecule has 1 heterocycles. The monoisotopic (exact) mass is 600 g/mol. The van der Waals surface area contributed by atoms with Crippen molar-refractivity contribution in [2.24, 2.45) is 0 Å². The van der Waals surface area contributed by atoms with Crippen molar-refractivity contribution in [3.63, 3.8) is 0 Å². The topological polar surface area (TPSA) is 96.7 Å². The van der Waals surface area contributed by atoms with Crippen LogP contribution in [0.25, 0.3) is 0 Å². The molecule has 14 heteroatoms. The lowest BCUT2D eigenvalue weighted by molar-refractivity contribution is -0.145. The number of thiocarbonyl (C=S) groups is 2. The van der Waals surface area contributed by atoms with Crippen molar-refractivity contribution in [2.75, 3.05) is 42.8 Å². The summed E-state index contributed by atoms with van der Waals surface area (Å²) in [4.78, 5) is 37.3. The molecule has 0 N–H and O–H groups in total. The van der Waals surface area contributed by atoms with Crippen molar-refractivity contribution >= 4 is 107 Å². The van der Waals surface area contributed by atoms with Crippen LogP contribution in [-0.4, -0.2) is 78.1 Å². The minimum absolute atomic E-state index is 0.0446. The molecule has 0 bridgehead atoms. The lowest BCUT2D eigenvalue weighted by Gasteiger charge is -2.20. The molecule has 0 aromatic carbocycles. The molecule has 7 nitrogen and oxygen atoms in total. The normalized spacial score (nSPS) is 14.9. The number of hydrogen-bond donors (Lipinski definition) is 0. The molecule has 0 spiro atoms. The molecule has 1 saturated heterocycles. The molecule has 1 unspecified atom stereocenters. The number of amides is 1. The summed E-state index contributed by atoms with van der Waals surface area (Å²) in [7, 11) is 3.03. The molecule has 1 aliphatic rings. The molecule has 0 aromatic rings. The fourth-order valence-corrected chi connectivity index (χ4v) is 8.20.